The Morgan fingerprint density at radius 3 is 1.15 bits per heavy atom. The van der Waals surface area contributed by atoms with Crippen molar-refractivity contribution in [2.24, 2.45) is 0 Å². The van der Waals surface area contributed by atoms with E-state index in [9.17, 15) is 30.3 Å². The Morgan fingerprint density at radius 1 is 0.438 bits per heavy atom. The summed E-state index contributed by atoms with van der Waals surface area (Å²) >= 11 is 0. The average molecular weight is 1120 g/mol. The van der Waals surface area contributed by atoms with Crippen molar-refractivity contribution < 1.29 is 39.8 Å². The van der Waals surface area contributed by atoms with Crippen LogP contribution in [0.25, 0.3) is 0 Å². The van der Waals surface area contributed by atoms with E-state index in [2.05, 4.69) is 104 Å². The van der Waals surface area contributed by atoms with E-state index in [4.69, 9.17) is 9.47 Å². The molecule has 80 heavy (non-hydrogen) atoms. The maximum atomic E-state index is 13.1. The number of rotatable bonds is 57. The van der Waals surface area contributed by atoms with Gasteiger partial charge in [0.25, 0.3) is 0 Å². The first-order valence-corrected chi connectivity index (χ1v) is 33.5. The average Bonchev–Trinajstić information content (AvgIpc) is 3.46. The fraction of sp³-hybridized carbons (Fsp3) is 0.761. The number of aliphatic hydroxyl groups excluding tert-OH is 5. The molecule has 0 radical (unpaired) electrons. The Morgan fingerprint density at radius 2 is 0.775 bits per heavy atom. The standard InChI is InChI=1S/C71H125NO8/c1-3-5-7-9-11-13-15-17-19-21-23-25-27-29-30-31-32-33-34-35-36-37-39-41-43-45-47-49-51-53-55-57-59-61-67(75)72-64(63-79-71-70(78)69(77)68(76)66(62-73)80-71)65(74)60-58-56-54-52-50-48-46-44-42-40-38-28-26-24-22-20-18-16-14-12-10-8-6-4-2/h5,7,11,13,17,19,23,25,29-30,32-33,35-36,58,60,64-66,68-71,73-74,76-78H,3-4,6,8-10,12,14-16,18,20-22,24,26-28,31,34,37-57,59,61-63H2,1-2H3,(H,72,75)/b7-5-,13-11-,19-17-,25-23-,30-29-,33-32-,36-35-,60-58+. The molecule has 0 saturated carbocycles. The van der Waals surface area contributed by atoms with Gasteiger partial charge in [-0.15, -0.1) is 0 Å². The van der Waals surface area contributed by atoms with E-state index in [1.54, 1.807) is 6.08 Å². The van der Waals surface area contributed by atoms with Crippen molar-refractivity contribution in [2.45, 2.75) is 333 Å². The number of allylic oxidation sites excluding steroid dienone is 15. The van der Waals surface area contributed by atoms with Gasteiger partial charge in [-0.25, -0.2) is 0 Å². The minimum Gasteiger partial charge on any atom is -0.394 e. The molecule has 0 aromatic carbocycles. The Balaban J connectivity index is 2.17. The SMILES string of the molecule is CC/C=C\C/C=C\C/C=C\C/C=C\C/C=C\C/C=C\C/C=C\CCCCCCCCCCCCCC(=O)NC(COC1OC(CO)C(O)C(O)C1O)C(O)/C=C/CCCCCCCCCCCCCCCCCCCCCCCC. The first-order chi connectivity index (χ1) is 39.3. The Labute approximate surface area is 492 Å². The molecule has 7 unspecified atom stereocenters. The topological polar surface area (TPSA) is 149 Å². The van der Waals surface area contributed by atoms with Crippen LogP contribution in [0.2, 0.25) is 0 Å². The number of hydrogen-bond acceptors (Lipinski definition) is 8. The van der Waals surface area contributed by atoms with Gasteiger partial charge < -0.3 is 40.3 Å². The van der Waals surface area contributed by atoms with Crippen molar-refractivity contribution >= 4 is 5.91 Å². The highest BCUT2D eigenvalue weighted by atomic mass is 16.7. The monoisotopic (exact) mass is 1120 g/mol. The van der Waals surface area contributed by atoms with E-state index >= 15 is 0 Å². The summed E-state index contributed by atoms with van der Waals surface area (Å²) in [7, 11) is 0. The summed E-state index contributed by atoms with van der Waals surface area (Å²) in [4.78, 5) is 13.1. The molecule has 0 aromatic heterocycles. The summed E-state index contributed by atoms with van der Waals surface area (Å²) in [5.41, 5.74) is 0. The maximum Gasteiger partial charge on any atom is 0.220 e. The molecule has 0 aliphatic carbocycles. The quantitative estimate of drug-likeness (QED) is 0.0261. The molecule has 462 valence electrons. The van der Waals surface area contributed by atoms with Gasteiger partial charge in [0.15, 0.2) is 6.29 Å². The van der Waals surface area contributed by atoms with Crippen LogP contribution in [0.15, 0.2) is 97.2 Å². The zero-order valence-electron chi connectivity index (χ0n) is 51.6. The Hall–Kier alpha value is -2.89. The third-order valence-electron chi connectivity index (χ3n) is 15.4. The molecule has 7 atom stereocenters. The van der Waals surface area contributed by atoms with E-state index in [0.29, 0.717) is 6.42 Å². The minimum atomic E-state index is -1.57. The molecular weight excluding hydrogens is 995 g/mol. The number of carbonyl (C=O) groups excluding carboxylic acids is 1. The van der Waals surface area contributed by atoms with Gasteiger partial charge in [0.1, 0.15) is 24.4 Å². The zero-order chi connectivity index (χ0) is 57.9. The van der Waals surface area contributed by atoms with Crippen LogP contribution in [0.1, 0.15) is 290 Å². The third-order valence-corrected chi connectivity index (χ3v) is 15.4. The van der Waals surface area contributed by atoms with Gasteiger partial charge in [0.05, 0.1) is 25.4 Å². The molecule has 0 spiro atoms. The lowest BCUT2D eigenvalue weighted by molar-refractivity contribution is -0.302. The zero-order valence-corrected chi connectivity index (χ0v) is 51.6. The molecule has 1 amide bonds. The molecule has 1 saturated heterocycles. The fourth-order valence-corrected chi connectivity index (χ4v) is 10.2. The van der Waals surface area contributed by atoms with Gasteiger partial charge in [0, 0.05) is 6.42 Å². The van der Waals surface area contributed by atoms with Crippen molar-refractivity contribution in [1.82, 2.24) is 5.32 Å². The minimum absolute atomic E-state index is 0.181. The molecule has 9 nitrogen and oxygen atoms in total. The molecule has 1 rings (SSSR count). The molecule has 9 heteroatoms. The summed E-state index contributed by atoms with van der Waals surface area (Å²) in [5, 5.41) is 54.7. The van der Waals surface area contributed by atoms with Crippen LogP contribution in [-0.4, -0.2) is 87.5 Å². The van der Waals surface area contributed by atoms with Crippen LogP contribution in [0, 0.1) is 0 Å². The number of amides is 1. The molecule has 0 bridgehead atoms. The van der Waals surface area contributed by atoms with E-state index in [1.807, 2.05) is 6.08 Å². The summed E-state index contributed by atoms with van der Waals surface area (Å²) in [6, 6.07) is -0.814. The van der Waals surface area contributed by atoms with Gasteiger partial charge in [-0.3, -0.25) is 4.79 Å². The largest absolute Gasteiger partial charge is 0.394 e. The number of aliphatic hydroxyl groups is 5. The summed E-state index contributed by atoms with van der Waals surface area (Å²) in [6.07, 6.45) is 79.2. The predicted molar refractivity (Wildman–Crippen MR) is 341 cm³/mol. The molecule has 1 aliphatic heterocycles. The van der Waals surface area contributed by atoms with Crippen molar-refractivity contribution in [1.29, 1.82) is 0 Å². The van der Waals surface area contributed by atoms with Crippen molar-refractivity contribution in [3.8, 4) is 0 Å². The van der Waals surface area contributed by atoms with Gasteiger partial charge in [-0.05, 0) is 77.0 Å². The predicted octanol–water partition coefficient (Wildman–Crippen LogP) is 17.9. The number of nitrogens with one attached hydrogen (secondary N) is 1. The molecule has 1 fully saturated rings. The van der Waals surface area contributed by atoms with Gasteiger partial charge in [-0.1, -0.05) is 304 Å². The highest BCUT2D eigenvalue weighted by Gasteiger charge is 2.44. The van der Waals surface area contributed by atoms with E-state index in [1.165, 1.54) is 180 Å². The van der Waals surface area contributed by atoms with Crippen LogP contribution in [-0.2, 0) is 14.3 Å². The molecule has 1 aliphatic rings. The second-order valence-corrected chi connectivity index (χ2v) is 22.9. The maximum absolute atomic E-state index is 13.1. The lowest BCUT2D eigenvalue weighted by Gasteiger charge is -2.40. The molecule has 0 aromatic rings. The van der Waals surface area contributed by atoms with Crippen LogP contribution in [0.5, 0.6) is 0 Å². The Bertz CT molecular complexity index is 1580. The molecule has 6 N–H and O–H groups in total. The summed E-state index contributed by atoms with van der Waals surface area (Å²) in [5.74, 6) is -0.181. The highest BCUT2D eigenvalue weighted by molar-refractivity contribution is 5.76. The van der Waals surface area contributed by atoms with Crippen LogP contribution in [0.4, 0.5) is 0 Å². The second-order valence-electron chi connectivity index (χ2n) is 22.9. The summed E-state index contributed by atoms with van der Waals surface area (Å²) < 4.78 is 11.3. The van der Waals surface area contributed by atoms with Crippen molar-refractivity contribution in [2.75, 3.05) is 13.2 Å². The number of unbranched alkanes of at least 4 members (excludes halogenated alkanes) is 33. The lowest BCUT2D eigenvalue weighted by atomic mass is 9.99. The first kappa shape index (κ1) is 75.1. The number of carbonyl (C=O) groups is 1. The van der Waals surface area contributed by atoms with E-state index in [-0.39, 0.29) is 12.5 Å². The molecule has 1 heterocycles. The smallest absolute Gasteiger partial charge is 0.220 e. The molecular formula is C71H125NO8. The Kier molecular flexibility index (Phi) is 55.7. The van der Waals surface area contributed by atoms with Crippen LogP contribution >= 0.6 is 0 Å². The number of ether oxygens (including phenoxy) is 2. The lowest BCUT2D eigenvalue weighted by Crippen LogP contribution is -2.60. The van der Waals surface area contributed by atoms with Gasteiger partial charge in [0.2, 0.25) is 5.91 Å². The number of hydrogen-bond donors (Lipinski definition) is 6. The van der Waals surface area contributed by atoms with Crippen LogP contribution < -0.4 is 5.32 Å². The van der Waals surface area contributed by atoms with Crippen molar-refractivity contribution in [3.63, 3.8) is 0 Å². The van der Waals surface area contributed by atoms with Gasteiger partial charge in [-0.2, -0.15) is 0 Å². The van der Waals surface area contributed by atoms with E-state index in [0.717, 1.165) is 89.9 Å². The highest BCUT2D eigenvalue weighted by Crippen LogP contribution is 2.23. The normalized spacial score (nSPS) is 19.1. The second kappa shape index (κ2) is 59.3. The summed E-state index contributed by atoms with van der Waals surface area (Å²) in [6.45, 7) is 3.69. The first-order valence-electron chi connectivity index (χ1n) is 33.5. The van der Waals surface area contributed by atoms with Crippen LogP contribution in [0.3, 0.4) is 0 Å². The van der Waals surface area contributed by atoms with E-state index < -0.39 is 49.5 Å². The van der Waals surface area contributed by atoms with Crippen molar-refractivity contribution in [3.05, 3.63) is 97.2 Å². The fourth-order valence-electron chi connectivity index (χ4n) is 10.2. The third kappa shape index (κ3) is 47.6. The van der Waals surface area contributed by atoms with Gasteiger partial charge >= 0.3 is 0 Å².